The maximum Gasteiger partial charge on any atom is 0.207 e. The van der Waals surface area contributed by atoms with E-state index in [0.717, 1.165) is 37.3 Å². The van der Waals surface area contributed by atoms with E-state index in [2.05, 4.69) is 104 Å². The van der Waals surface area contributed by atoms with Gasteiger partial charge in [-0.1, -0.05) is 79.6 Å². The Morgan fingerprint density at radius 3 is 2.25 bits per heavy atom. The number of hydrogen-bond acceptors (Lipinski definition) is 4. The molecule has 0 radical (unpaired) electrons. The van der Waals surface area contributed by atoms with Crippen molar-refractivity contribution in [2.24, 2.45) is 5.10 Å². The lowest BCUT2D eigenvalue weighted by Crippen LogP contribution is -2.18. The number of anilines is 1. The molecule has 3 aromatic carbocycles. The number of halogens is 2. The van der Waals surface area contributed by atoms with Gasteiger partial charge in [0.2, 0.25) is 5.13 Å². The first kappa shape index (κ1) is 18.0. The quantitative estimate of drug-likeness (QED) is 0.291. The van der Waals surface area contributed by atoms with Crippen LogP contribution in [0, 0.1) is 0 Å². The summed E-state index contributed by atoms with van der Waals surface area (Å²) in [6, 6.07) is 25.2. The second-order valence-electron chi connectivity index (χ2n) is 6.63. The first-order valence-corrected chi connectivity index (χ1v) is 11.3. The maximum atomic E-state index is 5.00. The lowest BCUT2D eigenvalue weighted by molar-refractivity contribution is 0.707. The van der Waals surface area contributed by atoms with Crippen molar-refractivity contribution < 1.29 is 0 Å². The molecule has 1 aliphatic heterocycles. The van der Waals surface area contributed by atoms with Crippen molar-refractivity contribution in [3.8, 4) is 0 Å². The molecule has 1 atom stereocenters. The summed E-state index contributed by atoms with van der Waals surface area (Å²) in [7, 11) is 0. The Bertz CT molecular complexity index is 1130. The Morgan fingerprint density at radius 2 is 1.54 bits per heavy atom. The van der Waals surface area contributed by atoms with Crippen LogP contribution in [0.4, 0.5) is 5.13 Å². The Morgan fingerprint density at radius 1 is 0.857 bits per heavy atom. The molecule has 5 rings (SSSR count). The van der Waals surface area contributed by atoms with Gasteiger partial charge in [0, 0.05) is 15.4 Å². The van der Waals surface area contributed by atoms with Crippen LogP contribution in [0.15, 0.2) is 86.8 Å². The van der Waals surface area contributed by atoms with Crippen molar-refractivity contribution in [3.05, 3.63) is 92.9 Å². The minimum atomic E-state index is 0.132. The van der Waals surface area contributed by atoms with Gasteiger partial charge in [0.05, 0.1) is 22.0 Å². The first-order valence-electron chi connectivity index (χ1n) is 8.91. The van der Waals surface area contributed by atoms with Gasteiger partial charge in [-0.05, 0) is 47.5 Å². The zero-order valence-corrected chi connectivity index (χ0v) is 18.7. The number of fused-ring (bicyclic) bond motifs is 1. The molecule has 6 heteroatoms. The topological polar surface area (TPSA) is 28.5 Å². The summed E-state index contributed by atoms with van der Waals surface area (Å²) in [6.07, 6.45) is 0.846. The number of thiazole rings is 1. The number of para-hydroxylation sites is 1. The minimum Gasteiger partial charge on any atom is -0.231 e. The fourth-order valence-electron chi connectivity index (χ4n) is 3.41. The molecule has 3 nitrogen and oxygen atoms in total. The molecule has 1 unspecified atom stereocenters. The summed E-state index contributed by atoms with van der Waals surface area (Å²) >= 11 is 8.74. The highest BCUT2D eigenvalue weighted by molar-refractivity contribution is 9.10. The second-order valence-corrected chi connectivity index (χ2v) is 9.47. The fourth-order valence-corrected chi connectivity index (χ4v) is 4.90. The average molecular weight is 513 g/mol. The van der Waals surface area contributed by atoms with Crippen LogP contribution in [0.5, 0.6) is 0 Å². The maximum absolute atomic E-state index is 5.00. The van der Waals surface area contributed by atoms with E-state index in [1.165, 1.54) is 10.3 Å². The van der Waals surface area contributed by atoms with Gasteiger partial charge in [-0.3, -0.25) is 0 Å². The minimum absolute atomic E-state index is 0.132. The highest BCUT2D eigenvalue weighted by Gasteiger charge is 2.31. The lowest BCUT2D eigenvalue weighted by atomic mass is 9.99. The smallest absolute Gasteiger partial charge is 0.207 e. The summed E-state index contributed by atoms with van der Waals surface area (Å²) in [5, 5.41) is 8.02. The third kappa shape index (κ3) is 3.41. The van der Waals surface area contributed by atoms with Crippen LogP contribution in [0.25, 0.3) is 10.2 Å². The zero-order chi connectivity index (χ0) is 19.1. The largest absolute Gasteiger partial charge is 0.231 e. The molecule has 28 heavy (non-hydrogen) atoms. The Labute approximate surface area is 184 Å². The third-order valence-electron chi connectivity index (χ3n) is 4.82. The number of hydrazone groups is 1. The molecule has 1 aliphatic rings. The summed E-state index contributed by atoms with van der Waals surface area (Å²) in [5.74, 6) is 0. The average Bonchev–Trinajstić information content (AvgIpc) is 3.33. The molecular formula is C22H15Br2N3S. The molecule has 138 valence electrons. The summed E-state index contributed by atoms with van der Waals surface area (Å²) in [5.41, 5.74) is 4.48. The van der Waals surface area contributed by atoms with Gasteiger partial charge in [0.25, 0.3) is 0 Å². The van der Waals surface area contributed by atoms with Crippen LogP contribution >= 0.6 is 43.2 Å². The van der Waals surface area contributed by atoms with Gasteiger partial charge in [-0.2, -0.15) is 5.10 Å². The first-order chi connectivity index (χ1) is 13.7. The van der Waals surface area contributed by atoms with Crippen LogP contribution in [-0.4, -0.2) is 10.7 Å². The van der Waals surface area contributed by atoms with Crippen molar-refractivity contribution in [2.75, 3.05) is 5.01 Å². The number of nitrogens with zero attached hydrogens (tertiary/aromatic N) is 3. The van der Waals surface area contributed by atoms with E-state index in [9.17, 15) is 0 Å². The number of rotatable bonds is 3. The predicted octanol–water partition coefficient (Wildman–Crippen LogP) is 7.18. The Hall–Kier alpha value is -2.02. The molecule has 0 aliphatic carbocycles. The van der Waals surface area contributed by atoms with Gasteiger partial charge < -0.3 is 0 Å². The lowest BCUT2D eigenvalue weighted by Gasteiger charge is -2.21. The van der Waals surface area contributed by atoms with Crippen molar-refractivity contribution in [2.45, 2.75) is 12.5 Å². The summed E-state index contributed by atoms with van der Waals surface area (Å²) in [4.78, 5) is 4.85. The zero-order valence-electron chi connectivity index (χ0n) is 14.7. The number of aromatic nitrogens is 1. The van der Waals surface area contributed by atoms with Crippen LogP contribution < -0.4 is 5.01 Å². The van der Waals surface area contributed by atoms with E-state index in [1.807, 2.05) is 6.07 Å². The van der Waals surface area contributed by atoms with E-state index >= 15 is 0 Å². The van der Waals surface area contributed by atoms with Gasteiger partial charge in [0.15, 0.2) is 0 Å². The van der Waals surface area contributed by atoms with Gasteiger partial charge >= 0.3 is 0 Å². The van der Waals surface area contributed by atoms with Crippen LogP contribution in [0.2, 0.25) is 0 Å². The number of benzene rings is 3. The molecule has 0 fully saturated rings. The molecule has 0 saturated carbocycles. The monoisotopic (exact) mass is 511 g/mol. The van der Waals surface area contributed by atoms with Gasteiger partial charge in [0.1, 0.15) is 0 Å². The SMILES string of the molecule is Brc1ccc(C2=NN(c3nc4ccccc4s3)C(c3ccc(Br)cc3)C2)cc1. The highest BCUT2D eigenvalue weighted by Crippen LogP contribution is 2.40. The fraction of sp³-hybridized carbons (Fsp3) is 0.0909. The Balaban J connectivity index is 1.59. The number of hydrogen-bond donors (Lipinski definition) is 0. The molecule has 0 N–H and O–H groups in total. The second kappa shape index (κ2) is 7.43. The summed E-state index contributed by atoms with van der Waals surface area (Å²) < 4.78 is 3.33. The molecule has 4 aromatic rings. The van der Waals surface area contributed by atoms with E-state index in [4.69, 9.17) is 10.1 Å². The van der Waals surface area contributed by atoms with Crippen molar-refractivity contribution in [1.82, 2.24) is 4.98 Å². The third-order valence-corrected chi connectivity index (χ3v) is 6.90. The predicted molar refractivity (Wildman–Crippen MR) is 124 cm³/mol. The standard InChI is InChI=1S/C22H15Br2N3S/c23-16-9-5-14(6-10-16)19-13-20(15-7-11-17(24)12-8-15)27(26-19)22-25-18-3-1-2-4-21(18)28-22/h1-12,20H,13H2. The normalized spacial score (nSPS) is 16.6. The van der Waals surface area contributed by atoms with Crippen molar-refractivity contribution >= 4 is 64.3 Å². The highest BCUT2D eigenvalue weighted by atomic mass is 79.9. The van der Waals surface area contributed by atoms with Crippen molar-refractivity contribution in [1.29, 1.82) is 0 Å². The molecule has 0 saturated heterocycles. The van der Waals surface area contributed by atoms with Gasteiger partial charge in [-0.25, -0.2) is 9.99 Å². The van der Waals surface area contributed by atoms with E-state index in [0.29, 0.717) is 0 Å². The Kier molecular flexibility index (Phi) is 4.78. The van der Waals surface area contributed by atoms with Crippen molar-refractivity contribution in [3.63, 3.8) is 0 Å². The molecule has 0 bridgehead atoms. The molecule has 2 heterocycles. The van der Waals surface area contributed by atoms with E-state index in [1.54, 1.807) is 11.3 Å². The molecular weight excluding hydrogens is 498 g/mol. The van der Waals surface area contributed by atoms with Gasteiger partial charge in [-0.15, -0.1) is 0 Å². The summed E-state index contributed by atoms with van der Waals surface area (Å²) in [6.45, 7) is 0. The molecule has 0 spiro atoms. The van der Waals surface area contributed by atoms with E-state index < -0.39 is 0 Å². The molecule has 1 aromatic heterocycles. The van der Waals surface area contributed by atoms with E-state index in [-0.39, 0.29) is 6.04 Å². The van der Waals surface area contributed by atoms with Crippen LogP contribution in [0.3, 0.4) is 0 Å². The van der Waals surface area contributed by atoms with Crippen LogP contribution in [0.1, 0.15) is 23.6 Å². The molecule has 0 amide bonds. The van der Waals surface area contributed by atoms with Crippen LogP contribution in [-0.2, 0) is 0 Å².